The van der Waals surface area contributed by atoms with E-state index in [1.54, 1.807) is 4.90 Å². The van der Waals surface area contributed by atoms with Gasteiger partial charge in [0.15, 0.2) is 16.7 Å². The van der Waals surface area contributed by atoms with E-state index in [1.807, 2.05) is 13.0 Å². The minimum atomic E-state index is -0.427. The fourth-order valence-corrected chi connectivity index (χ4v) is 2.98. The maximum atomic E-state index is 14.1. The molecular formula is C15H14BrFN6O. The predicted molar refractivity (Wildman–Crippen MR) is 90.2 cm³/mol. The number of hydrogen-bond acceptors (Lipinski definition) is 7. The molecule has 9 heteroatoms. The monoisotopic (exact) mass is 392 g/mol. The van der Waals surface area contributed by atoms with Crippen LogP contribution in [0.2, 0.25) is 0 Å². The molecule has 124 valence electrons. The Hall–Kier alpha value is -2.60. The number of benzene rings is 1. The average Bonchev–Trinajstić information content (AvgIpc) is 2.87. The number of hydrogen-bond donors (Lipinski definition) is 2. The van der Waals surface area contributed by atoms with Crippen molar-refractivity contribution in [2.45, 2.75) is 19.6 Å². The second kappa shape index (κ2) is 6.49. The molecule has 3 rings (SSSR count). The summed E-state index contributed by atoms with van der Waals surface area (Å²) in [5.41, 5.74) is 7.23. The fraction of sp³-hybridized carbons (Fsp3) is 0.267. The van der Waals surface area contributed by atoms with Crippen LogP contribution in [-0.2, 0) is 11.3 Å². The number of aliphatic imine (C=N–C) groups is 2. The second-order valence-corrected chi connectivity index (χ2v) is 5.80. The summed E-state index contributed by atoms with van der Waals surface area (Å²) in [4.78, 5) is 10.2. The van der Waals surface area contributed by atoms with Crippen LogP contribution in [0.25, 0.3) is 0 Å². The Morgan fingerprint density at radius 3 is 3.00 bits per heavy atom. The molecule has 7 nitrogen and oxygen atoms in total. The van der Waals surface area contributed by atoms with E-state index in [1.165, 1.54) is 18.2 Å². The van der Waals surface area contributed by atoms with Gasteiger partial charge in [-0.2, -0.15) is 10.3 Å². The minimum Gasteiger partial charge on any atom is -0.465 e. The lowest BCUT2D eigenvalue weighted by molar-refractivity contribution is 0.269. The summed E-state index contributed by atoms with van der Waals surface area (Å²) in [6.45, 7) is 2.46. The number of nitrogens with one attached hydrogen (secondary N) is 1. The highest BCUT2D eigenvalue weighted by molar-refractivity contribution is 9.18. The van der Waals surface area contributed by atoms with Crippen molar-refractivity contribution >= 4 is 26.7 Å². The van der Waals surface area contributed by atoms with Gasteiger partial charge in [0, 0.05) is 5.56 Å². The predicted octanol–water partition coefficient (Wildman–Crippen LogP) is 1.71. The molecule has 1 atom stereocenters. The topological polar surface area (TPSA) is 99.0 Å². The molecule has 24 heavy (non-hydrogen) atoms. The maximum absolute atomic E-state index is 14.1. The summed E-state index contributed by atoms with van der Waals surface area (Å²) < 4.78 is 20.0. The third-order valence-corrected chi connectivity index (χ3v) is 4.19. The molecule has 0 aromatic heterocycles. The first-order chi connectivity index (χ1) is 11.5. The van der Waals surface area contributed by atoms with Gasteiger partial charge in [-0.05, 0) is 41.1 Å². The van der Waals surface area contributed by atoms with E-state index in [2.05, 4.69) is 31.2 Å². The number of rotatable bonds is 3. The van der Waals surface area contributed by atoms with Gasteiger partial charge in [-0.15, -0.1) is 0 Å². The Kier molecular flexibility index (Phi) is 4.40. The van der Waals surface area contributed by atoms with Gasteiger partial charge in [-0.3, -0.25) is 0 Å². The summed E-state index contributed by atoms with van der Waals surface area (Å²) in [6.07, 6.45) is -0.427. The lowest BCUT2D eigenvalue weighted by Crippen LogP contribution is -2.49. The van der Waals surface area contributed by atoms with Crippen molar-refractivity contribution in [2.75, 3.05) is 6.61 Å². The third kappa shape index (κ3) is 2.92. The Bertz CT molecular complexity index is 813. The van der Waals surface area contributed by atoms with Crippen molar-refractivity contribution in [3.8, 4) is 6.07 Å². The van der Waals surface area contributed by atoms with Crippen molar-refractivity contribution in [3.05, 3.63) is 46.7 Å². The molecule has 0 saturated carbocycles. The molecule has 0 amide bonds. The summed E-state index contributed by atoms with van der Waals surface area (Å²) in [5.74, 6) is -0.151. The third-order valence-electron chi connectivity index (χ3n) is 3.56. The van der Waals surface area contributed by atoms with E-state index < -0.39 is 12.0 Å². The summed E-state index contributed by atoms with van der Waals surface area (Å²) in [5, 5.41) is 12.1. The molecule has 2 aliphatic rings. The molecule has 0 saturated heterocycles. The number of nitrogens with two attached hydrogens (primary N) is 1. The van der Waals surface area contributed by atoms with Crippen molar-refractivity contribution in [3.63, 3.8) is 0 Å². The molecule has 0 spiro atoms. The summed E-state index contributed by atoms with van der Waals surface area (Å²) in [7, 11) is 0. The first kappa shape index (κ1) is 16.3. The van der Waals surface area contributed by atoms with Crippen LogP contribution in [0.3, 0.4) is 0 Å². The lowest BCUT2D eigenvalue weighted by atomic mass is 10.1. The summed E-state index contributed by atoms with van der Waals surface area (Å²) >= 11 is 3.37. The van der Waals surface area contributed by atoms with Gasteiger partial charge in [0.2, 0.25) is 0 Å². The largest absolute Gasteiger partial charge is 0.465 e. The molecule has 0 aliphatic carbocycles. The number of nitriles is 1. The van der Waals surface area contributed by atoms with Crippen LogP contribution in [0.4, 0.5) is 4.39 Å². The van der Waals surface area contributed by atoms with E-state index in [0.29, 0.717) is 28.2 Å². The fourth-order valence-electron chi connectivity index (χ4n) is 2.45. The van der Waals surface area contributed by atoms with Gasteiger partial charge in [-0.25, -0.2) is 9.38 Å². The standard InChI is InChI=1S/C15H14BrFN6O/c1-2-24-15-21-12(19)11-13(22-15)23(14(16)20-11)7-9-5-8(6-18)3-4-10(9)17/h3-5,13H,2,7,19H2,1H3,(H,21,22). The van der Waals surface area contributed by atoms with E-state index in [-0.39, 0.29) is 18.4 Å². The van der Waals surface area contributed by atoms with Gasteiger partial charge >= 0.3 is 0 Å². The molecule has 2 heterocycles. The normalized spacial score (nSPS) is 19.2. The highest BCUT2D eigenvalue weighted by Crippen LogP contribution is 2.29. The minimum absolute atomic E-state index is 0.194. The van der Waals surface area contributed by atoms with Gasteiger partial charge in [-0.1, -0.05) is 0 Å². The van der Waals surface area contributed by atoms with Crippen molar-refractivity contribution in [2.24, 2.45) is 15.7 Å². The quantitative estimate of drug-likeness (QED) is 0.762. The molecule has 1 aromatic carbocycles. The number of nitrogens with zero attached hydrogens (tertiary/aromatic N) is 4. The van der Waals surface area contributed by atoms with Crippen LogP contribution in [0.1, 0.15) is 18.1 Å². The van der Waals surface area contributed by atoms with E-state index in [0.717, 1.165) is 0 Å². The Labute approximate surface area is 146 Å². The van der Waals surface area contributed by atoms with Gasteiger partial charge in [0.1, 0.15) is 11.5 Å². The van der Waals surface area contributed by atoms with Crippen LogP contribution >= 0.6 is 15.9 Å². The molecular weight excluding hydrogens is 379 g/mol. The van der Waals surface area contributed by atoms with Crippen LogP contribution in [0.15, 0.2) is 39.7 Å². The Morgan fingerprint density at radius 1 is 1.50 bits per heavy atom. The van der Waals surface area contributed by atoms with Gasteiger partial charge in [0.05, 0.1) is 24.8 Å². The lowest BCUT2D eigenvalue weighted by Gasteiger charge is -2.30. The molecule has 0 fully saturated rings. The first-order valence-electron chi connectivity index (χ1n) is 7.20. The zero-order chi connectivity index (χ0) is 17.3. The smallest absolute Gasteiger partial charge is 0.293 e. The number of fused-ring (bicyclic) bond motifs is 1. The zero-order valence-corrected chi connectivity index (χ0v) is 14.3. The number of halogens is 2. The Balaban J connectivity index is 1.90. The molecule has 0 bridgehead atoms. The van der Waals surface area contributed by atoms with Crippen LogP contribution in [0.5, 0.6) is 0 Å². The second-order valence-electron chi connectivity index (χ2n) is 5.09. The molecule has 0 radical (unpaired) electrons. The van der Waals surface area contributed by atoms with Gasteiger partial charge < -0.3 is 20.7 Å². The zero-order valence-electron chi connectivity index (χ0n) is 12.8. The molecule has 3 N–H and O–H groups in total. The first-order valence-corrected chi connectivity index (χ1v) is 7.99. The van der Waals surface area contributed by atoms with Crippen molar-refractivity contribution in [1.82, 2.24) is 10.2 Å². The summed E-state index contributed by atoms with van der Waals surface area (Å²) in [6, 6.07) is 6.53. The van der Waals surface area contributed by atoms with E-state index in [4.69, 9.17) is 15.7 Å². The van der Waals surface area contributed by atoms with E-state index >= 15 is 0 Å². The molecule has 1 aromatic rings. The molecule has 2 aliphatic heterocycles. The van der Waals surface area contributed by atoms with E-state index in [9.17, 15) is 4.39 Å². The SMILES string of the molecule is CCOC1=NC(N)=C2N=C(Br)N(Cc3cc(C#N)ccc3F)C2N1. The van der Waals surface area contributed by atoms with Crippen LogP contribution in [0, 0.1) is 17.1 Å². The molecule has 1 unspecified atom stereocenters. The van der Waals surface area contributed by atoms with Crippen LogP contribution in [-0.4, -0.2) is 28.4 Å². The highest BCUT2D eigenvalue weighted by Gasteiger charge is 2.36. The van der Waals surface area contributed by atoms with Crippen molar-refractivity contribution < 1.29 is 9.13 Å². The number of ether oxygens (including phenoxy) is 1. The van der Waals surface area contributed by atoms with Crippen molar-refractivity contribution in [1.29, 1.82) is 5.26 Å². The average molecular weight is 393 g/mol. The highest BCUT2D eigenvalue weighted by atomic mass is 79.9. The van der Waals surface area contributed by atoms with Gasteiger partial charge in [0.25, 0.3) is 6.02 Å². The van der Waals surface area contributed by atoms with Crippen LogP contribution < -0.4 is 11.1 Å². The number of amidine groups is 2. The Morgan fingerprint density at radius 2 is 2.29 bits per heavy atom. The maximum Gasteiger partial charge on any atom is 0.293 e.